The summed E-state index contributed by atoms with van der Waals surface area (Å²) in [5, 5.41) is 3.56. The van der Waals surface area contributed by atoms with Gasteiger partial charge >= 0.3 is 0 Å². The summed E-state index contributed by atoms with van der Waals surface area (Å²) in [6.07, 6.45) is 2.77. The Morgan fingerprint density at radius 1 is 1.44 bits per heavy atom. The van der Waals surface area contributed by atoms with Crippen molar-refractivity contribution in [3.63, 3.8) is 0 Å². The van der Waals surface area contributed by atoms with E-state index in [1.165, 1.54) is 0 Å². The second-order valence-corrected chi connectivity index (χ2v) is 5.06. The maximum Gasteiger partial charge on any atom is 0.120 e. The molecule has 1 aromatic heterocycles. The second-order valence-electron chi connectivity index (χ2n) is 5.06. The first-order chi connectivity index (χ1) is 7.47. The van der Waals surface area contributed by atoms with Gasteiger partial charge in [0.2, 0.25) is 0 Å². The molecule has 1 heterocycles. The van der Waals surface area contributed by atoms with Crippen molar-refractivity contribution >= 4 is 0 Å². The molecule has 0 radical (unpaired) electrons. The number of hydrogen-bond donors (Lipinski definition) is 1. The molecular weight excluding hydrogens is 200 g/mol. The highest BCUT2D eigenvalue weighted by Crippen LogP contribution is 2.18. The summed E-state index contributed by atoms with van der Waals surface area (Å²) < 4.78 is 5.44. The maximum atomic E-state index is 5.44. The van der Waals surface area contributed by atoms with E-state index >= 15 is 0 Å². The van der Waals surface area contributed by atoms with Crippen molar-refractivity contribution in [2.45, 2.75) is 38.8 Å². The Kier molecular flexibility index (Phi) is 4.56. The number of nitrogens with one attached hydrogen (secondary N) is 1. The fourth-order valence-corrected chi connectivity index (χ4v) is 1.47. The van der Waals surface area contributed by atoms with Gasteiger partial charge in [0, 0.05) is 12.1 Å². The number of nitrogens with zero attached hydrogens (tertiary/aromatic N) is 1. The van der Waals surface area contributed by atoms with Crippen LogP contribution in [0.2, 0.25) is 0 Å². The van der Waals surface area contributed by atoms with Crippen molar-refractivity contribution in [3.8, 4) is 0 Å². The summed E-state index contributed by atoms with van der Waals surface area (Å²) in [4.78, 5) is 2.23. The van der Waals surface area contributed by atoms with E-state index < -0.39 is 0 Å². The number of hydrogen-bond acceptors (Lipinski definition) is 3. The molecule has 0 aliphatic rings. The lowest BCUT2D eigenvalue weighted by Gasteiger charge is -2.34. The highest BCUT2D eigenvalue weighted by molar-refractivity contribution is 5.04. The molecular formula is C13H24N2O. The average Bonchev–Trinajstić information content (AvgIpc) is 2.71. The van der Waals surface area contributed by atoms with Crippen LogP contribution in [-0.2, 0) is 0 Å². The van der Waals surface area contributed by atoms with Crippen LogP contribution in [0.25, 0.3) is 0 Å². The first-order valence-corrected chi connectivity index (χ1v) is 5.91. The molecule has 92 valence electrons. The summed E-state index contributed by atoms with van der Waals surface area (Å²) in [7, 11) is 4.21. The predicted octanol–water partition coefficient (Wildman–Crippen LogP) is 2.66. The van der Waals surface area contributed by atoms with Gasteiger partial charge in [-0.1, -0.05) is 6.92 Å². The van der Waals surface area contributed by atoms with Gasteiger partial charge in [-0.3, -0.25) is 0 Å². The van der Waals surface area contributed by atoms with E-state index in [1.54, 1.807) is 6.26 Å². The van der Waals surface area contributed by atoms with Gasteiger partial charge in [-0.25, -0.2) is 0 Å². The molecule has 0 saturated heterocycles. The van der Waals surface area contributed by atoms with E-state index in [9.17, 15) is 0 Å². The van der Waals surface area contributed by atoms with Gasteiger partial charge in [-0.05, 0) is 46.5 Å². The minimum Gasteiger partial charge on any atom is -0.468 e. The Morgan fingerprint density at radius 3 is 2.56 bits per heavy atom. The van der Waals surface area contributed by atoms with Crippen molar-refractivity contribution in [1.29, 1.82) is 0 Å². The van der Waals surface area contributed by atoms with Crippen molar-refractivity contribution in [1.82, 2.24) is 10.2 Å². The smallest absolute Gasteiger partial charge is 0.120 e. The zero-order chi connectivity index (χ0) is 12.2. The van der Waals surface area contributed by atoms with Crippen LogP contribution in [0.3, 0.4) is 0 Å². The van der Waals surface area contributed by atoms with Crippen molar-refractivity contribution in [2.75, 3.05) is 20.6 Å². The normalized spacial score (nSPS) is 14.4. The van der Waals surface area contributed by atoms with E-state index in [0.717, 1.165) is 18.7 Å². The van der Waals surface area contributed by atoms with Gasteiger partial charge in [0.15, 0.2) is 0 Å². The third kappa shape index (κ3) is 3.35. The highest BCUT2D eigenvalue weighted by atomic mass is 16.3. The molecule has 0 aliphatic heterocycles. The van der Waals surface area contributed by atoms with E-state index in [2.05, 4.69) is 45.1 Å². The molecule has 0 bridgehead atoms. The monoisotopic (exact) mass is 224 g/mol. The van der Waals surface area contributed by atoms with Crippen LogP contribution >= 0.6 is 0 Å². The first-order valence-electron chi connectivity index (χ1n) is 5.91. The Labute approximate surface area is 98.8 Å². The number of rotatable bonds is 6. The van der Waals surface area contributed by atoms with Crippen molar-refractivity contribution in [3.05, 3.63) is 24.2 Å². The van der Waals surface area contributed by atoms with Crippen molar-refractivity contribution < 1.29 is 4.42 Å². The number of likely N-dealkylation sites (N-methyl/N-ethyl adjacent to an activating group) is 1. The first kappa shape index (κ1) is 13.3. The molecule has 0 fully saturated rings. The van der Waals surface area contributed by atoms with Crippen LogP contribution in [0.1, 0.15) is 39.0 Å². The quantitative estimate of drug-likeness (QED) is 0.805. The molecule has 0 aromatic carbocycles. The molecule has 1 rings (SSSR count). The van der Waals surface area contributed by atoms with E-state index in [-0.39, 0.29) is 5.54 Å². The molecule has 1 unspecified atom stereocenters. The van der Waals surface area contributed by atoms with E-state index in [1.807, 2.05) is 12.1 Å². The zero-order valence-electron chi connectivity index (χ0n) is 11.1. The van der Waals surface area contributed by atoms with Gasteiger partial charge in [-0.2, -0.15) is 0 Å². The lowest BCUT2D eigenvalue weighted by molar-refractivity contribution is 0.181. The van der Waals surface area contributed by atoms with Gasteiger partial charge in [0.05, 0.1) is 12.3 Å². The van der Waals surface area contributed by atoms with Crippen LogP contribution in [0.15, 0.2) is 22.8 Å². The minimum atomic E-state index is 0.153. The molecule has 0 spiro atoms. The SMILES string of the molecule is CCC(NCC(C)(C)N(C)C)c1ccco1. The molecule has 1 atom stereocenters. The predicted molar refractivity (Wildman–Crippen MR) is 67.5 cm³/mol. The van der Waals surface area contributed by atoms with Crippen LogP contribution in [-0.4, -0.2) is 31.1 Å². The molecule has 16 heavy (non-hydrogen) atoms. The summed E-state index contributed by atoms with van der Waals surface area (Å²) in [5.74, 6) is 1.03. The Morgan fingerprint density at radius 2 is 2.12 bits per heavy atom. The standard InChI is InChI=1S/C13H24N2O/c1-6-11(12-8-7-9-16-12)14-10-13(2,3)15(4)5/h7-9,11,14H,6,10H2,1-5H3. The van der Waals surface area contributed by atoms with Crippen LogP contribution < -0.4 is 5.32 Å². The lowest BCUT2D eigenvalue weighted by Crippen LogP contribution is -2.47. The zero-order valence-corrected chi connectivity index (χ0v) is 11.1. The van der Waals surface area contributed by atoms with E-state index in [0.29, 0.717) is 6.04 Å². The topological polar surface area (TPSA) is 28.4 Å². The molecule has 3 nitrogen and oxygen atoms in total. The molecule has 3 heteroatoms. The Bertz CT molecular complexity index is 291. The van der Waals surface area contributed by atoms with Crippen LogP contribution in [0.4, 0.5) is 0 Å². The maximum absolute atomic E-state index is 5.44. The van der Waals surface area contributed by atoms with Crippen LogP contribution in [0.5, 0.6) is 0 Å². The fraction of sp³-hybridized carbons (Fsp3) is 0.692. The Hall–Kier alpha value is -0.800. The second kappa shape index (κ2) is 5.51. The molecule has 0 aliphatic carbocycles. The Balaban J connectivity index is 2.53. The third-order valence-corrected chi connectivity index (χ3v) is 3.29. The molecule has 1 N–H and O–H groups in total. The summed E-state index contributed by atoms with van der Waals surface area (Å²) in [6.45, 7) is 7.58. The van der Waals surface area contributed by atoms with Crippen LogP contribution in [0, 0.1) is 0 Å². The number of furan rings is 1. The molecule has 1 aromatic rings. The van der Waals surface area contributed by atoms with Gasteiger partial charge in [-0.15, -0.1) is 0 Å². The minimum absolute atomic E-state index is 0.153. The van der Waals surface area contributed by atoms with Crippen molar-refractivity contribution in [2.24, 2.45) is 0 Å². The average molecular weight is 224 g/mol. The molecule has 0 amide bonds. The summed E-state index contributed by atoms with van der Waals surface area (Å²) in [5.41, 5.74) is 0.153. The lowest BCUT2D eigenvalue weighted by atomic mass is 10.0. The highest BCUT2D eigenvalue weighted by Gasteiger charge is 2.22. The largest absolute Gasteiger partial charge is 0.468 e. The van der Waals surface area contributed by atoms with Gasteiger partial charge < -0.3 is 14.6 Å². The van der Waals surface area contributed by atoms with Gasteiger partial charge in [0.1, 0.15) is 5.76 Å². The fourth-order valence-electron chi connectivity index (χ4n) is 1.47. The summed E-state index contributed by atoms with van der Waals surface area (Å²) in [6, 6.07) is 4.29. The summed E-state index contributed by atoms with van der Waals surface area (Å²) >= 11 is 0. The third-order valence-electron chi connectivity index (χ3n) is 3.29. The van der Waals surface area contributed by atoms with E-state index in [4.69, 9.17) is 4.42 Å². The molecule has 0 saturated carbocycles. The van der Waals surface area contributed by atoms with Gasteiger partial charge in [0.25, 0.3) is 0 Å².